The van der Waals surface area contributed by atoms with Crippen LogP contribution in [0.5, 0.6) is 0 Å². The molecule has 0 amide bonds. The van der Waals surface area contributed by atoms with Gasteiger partial charge in [0.05, 0.1) is 12.3 Å². The first-order valence-corrected chi connectivity index (χ1v) is 15.2. The van der Waals surface area contributed by atoms with Crippen LogP contribution >= 0.6 is 0 Å². The summed E-state index contributed by atoms with van der Waals surface area (Å²) < 4.78 is 9.04. The Labute approximate surface area is 251 Å². The average Bonchev–Trinajstić information content (AvgIpc) is 3.56. The van der Waals surface area contributed by atoms with Crippen LogP contribution in [0.2, 0.25) is 0 Å². The number of aromatic amines is 1. The van der Waals surface area contributed by atoms with Crippen molar-refractivity contribution in [1.29, 1.82) is 0 Å². The molecule has 3 saturated carbocycles. The Morgan fingerprint density at radius 2 is 1.98 bits per heavy atom. The summed E-state index contributed by atoms with van der Waals surface area (Å²) in [6, 6.07) is 0. The number of nitrogens with one attached hydrogen (secondary N) is 1. The lowest BCUT2D eigenvalue weighted by Crippen LogP contribution is -2.63. The summed E-state index contributed by atoms with van der Waals surface area (Å²) in [6.45, 7) is 14.0. The highest BCUT2D eigenvalue weighted by atomic mass is 16.5. The molecule has 0 radical (unpaired) electrons. The minimum atomic E-state index is -0.724. The van der Waals surface area contributed by atoms with Gasteiger partial charge in [-0.05, 0) is 55.9 Å². The van der Waals surface area contributed by atoms with Gasteiger partial charge in [0, 0.05) is 41.5 Å². The zero-order valence-electron chi connectivity index (χ0n) is 25.7. The summed E-state index contributed by atoms with van der Waals surface area (Å²) >= 11 is 0. The summed E-state index contributed by atoms with van der Waals surface area (Å²) in [5.41, 5.74) is -1.64. The monoisotopic (exact) mass is 593 g/mol. The van der Waals surface area contributed by atoms with Crippen molar-refractivity contribution in [1.82, 2.24) is 24.5 Å². The van der Waals surface area contributed by atoms with Crippen molar-refractivity contribution in [3.05, 3.63) is 63.2 Å². The maximum atomic E-state index is 13.6. The molecule has 43 heavy (non-hydrogen) atoms. The number of nitrogens with zero attached hydrogens (tertiary/aromatic N) is 4. The first kappa shape index (κ1) is 30.8. The van der Waals surface area contributed by atoms with E-state index < -0.39 is 40.3 Å². The molecule has 2 aromatic rings. The van der Waals surface area contributed by atoms with Crippen molar-refractivity contribution < 1.29 is 19.4 Å². The number of allylic oxidation sites excluding steroid dienone is 1. The molecule has 3 aliphatic rings. The first-order chi connectivity index (χ1) is 20.2. The Kier molecular flexibility index (Phi) is 8.00. The first-order valence-electron chi connectivity index (χ1n) is 15.2. The predicted molar refractivity (Wildman–Crippen MR) is 160 cm³/mol. The van der Waals surface area contributed by atoms with Gasteiger partial charge in [0.1, 0.15) is 24.1 Å². The number of Topliss-reactive ketones (excluding diaryl/α,β-unsaturated/α-hetero) is 1. The van der Waals surface area contributed by atoms with Gasteiger partial charge in [-0.2, -0.15) is 0 Å². The van der Waals surface area contributed by atoms with Crippen molar-refractivity contribution in [2.45, 2.75) is 92.0 Å². The second-order valence-electron chi connectivity index (χ2n) is 13.5. The van der Waals surface area contributed by atoms with Crippen molar-refractivity contribution in [3.8, 4) is 0 Å². The van der Waals surface area contributed by atoms with Crippen LogP contribution in [0.15, 0.2) is 40.7 Å². The predicted octanol–water partition coefficient (Wildman–Crippen LogP) is 3.06. The molecule has 0 spiro atoms. The minimum Gasteiger partial charge on any atom is -0.460 e. The molecule has 2 heterocycles. The number of H-pyrrole nitrogens is 1. The second-order valence-corrected chi connectivity index (χ2v) is 13.5. The van der Waals surface area contributed by atoms with E-state index >= 15 is 0 Å². The smallest absolute Gasteiger partial charge is 0.328 e. The van der Waals surface area contributed by atoms with E-state index in [1.165, 1.54) is 15.4 Å². The van der Waals surface area contributed by atoms with Crippen LogP contribution in [-0.4, -0.2) is 53.6 Å². The van der Waals surface area contributed by atoms with E-state index in [-0.39, 0.29) is 42.0 Å². The number of hydrogen-bond donors (Lipinski definition) is 2. The topological polar surface area (TPSA) is 149 Å². The number of carbonyl (C=O) groups is 2. The molecule has 11 nitrogen and oxygen atoms in total. The van der Waals surface area contributed by atoms with E-state index in [0.717, 1.165) is 19.3 Å². The van der Waals surface area contributed by atoms with Gasteiger partial charge in [0.15, 0.2) is 0 Å². The Hall–Kier alpha value is -3.60. The molecule has 0 saturated heterocycles. The summed E-state index contributed by atoms with van der Waals surface area (Å²) in [4.78, 5) is 52.9. The molecule has 0 unspecified atom stereocenters. The molecule has 11 heteroatoms. The largest absolute Gasteiger partial charge is 0.460 e. The van der Waals surface area contributed by atoms with Crippen LogP contribution in [0.4, 0.5) is 0 Å². The summed E-state index contributed by atoms with van der Waals surface area (Å²) in [6.07, 6.45) is 10.3. The zero-order chi connectivity index (χ0) is 31.3. The molecule has 5 rings (SSSR count). The lowest BCUT2D eigenvalue weighted by Gasteiger charge is -2.61. The van der Waals surface area contributed by atoms with Gasteiger partial charge in [0.25, 0.3) is 5.56 Å². The number of aryl methyl sites for hydroxylation is 1. The van der Waals surface area contributed by atoms with E-state index in [4.69, 9.17) is 4.74 Å². The molecule has 3 aliphatic carbocycles. The second kappa shape index (κ2) is 11.2. The molecule has 0 aliphatic heterocycles. The highest BCUT2D eigenvalue weighted by molar-refractivity contribution is 5.85. The van der Waals surface area contributed by atoms with Crippen LogP contribution in [0, 0.1) is 40.9 Å². The van der Waals surface area contributed by atoms with Crippen LogP contribution in [-0.2, 0) is 27.4 Å². The van der Waals surface area contributed by atoms with Gasteiger partial charge in [-0.25, -0.2) is 9.48 Å². The van der Waals surface area contributed by atoms with Crippen molar-refractivity contribution in [2.75, 3.05) is 0 Å². The standard InChI is InChI=1S/C32H43N5O6/c1-7-30(5)15-24(31(6)20(3)10-12-32(21(4)27(30)40)13-11-23(38)26(31)32)43-25(39)18-37-17-22(34-35-37)9-8-14-36-16-19(2)28(41)33-29(36)42/h7-9,16-17,20-21,24,26-27,40H,1,10-15,18H2,2-6H3,(H,33,41,42)/b9-8+/t20-,21+,24-,26+,27+,30-,31+,32+/m1/s1. The molecule has 2 bridgehead atoms. The Morgan fingerprint density at radius 3 is 2.70 bits per heavy atom. The Bertz CT molecular complexity index is 1570. The lowest BCUT2D eigenvalue weighted by atomic mass is 9.44. The SMILES string of the molecule is C=C[C@]1(C)C[C@@H](OC(=O)Cn2cc(/C=C/Cn3cc(C)c(=O)[nH]c3=O)nn2)[C@]2(C)[C@H](C)CC[C@]3(CCC(=O)[C@H]32)[C@@H](C)[C@@H]1O. The third-order valence-corrected chi connectivity index (χ3v) is 11.2. The molecule has 3 fully saturated rings. The van der Waals surface area contributed by atoms with E-state index in [9.17, 15) is 24.3 Å². The highest BCUT2D eigenvalue weighted by Crippen LogP contribution is 2.68. The number of hydrogen-bond acceptors (Lipinski definition) is 8. The zero-order valence-corrected chi connectivity index (χ0v) is 25.7. The van der Waals surface area contributed by atoms with Crippen molar-refractivity contribution in [2.24, 2.45) is 34.0 Å². The highest BCUT2D eigenvalue weighted by Gasteiger charge is 2.68. The van der Waals surface area contributed by atoms with Gasteiger partial charge in [-0.1, -0.05) is 45.1 Å². The maximum absolute atomic E-state index is 13.6. The van der Waals surface area contributed by atoms with Crippen LogP contribution < -0.4 is 11.2 Å². The fraction of sp³-hybridized carbons (Fsp3) is 0.625. The fourth-order valence-electron chi connectivity index (χ4n) is 8.34. The fourth-order valence-corrected chi connectivity index (χ4v) is 8.34. The number of aliphatic hydroxyl groups is 1. The number of ether oxygens (including phenoxy) is 1. The number of aromatic nitrogens is 5. The molecule has 8 atom stereocenters. The third kappa shape index (κ3) is 5.15. The molecule has 232 valence electrons. The molecular weight excluding hydrogens is 550 g/mol. The average molecular weight is 594 g/mol. The van der Waals surface area contributed by atoms with Gasteiger partial charge in [-0.3, -0.25) is 23.9 Å². The Morgan fingerprint density at radius 1 is 1.23 bits per heavy atom. The molecule has 0 aromatic carbocycles. The molecular formula is C32H43N5O6. The van der Waals surface area contributed by atoms with Crippen LogP contribution in [0.25, 0.3) is 6.08 Å². The molecule has 2 N–H and O–H groups in total. The number of aliphatic hydroxyl groups excluding tert-OH is 1. The minimum absolute atomic E-state index is 0.0936. The maximum Gasteiger partial charge on any atom is 0.328 e. The third-order valence-electron chi connectivity index (χ3n) is 11.2. The lowest BCUT2D eigenvalue weighted by molar-refractivity contribution is -0.207. The van der Waals surface area contributed by atoms with E-state index in [1.807, 2.05) is 6.92 Å². The van der Waals surface area contributed by atoms with E-state index in [1.54, 1.807) is 31.3 Å². The van der Waals surface area contributed by atoms with Crippen molar-refractivity contribution in [3.63, 3.8) is 0 Å². The van der Waals surface area contributed by atoms with Crippen LogP contribution in [0.3, 0.4) is 0 Å². The van der Waals surface area contributed by atoms with Gasteiger partial charge < -0.3 is 9.84 Å². The normalized spacial score (nSPS) is 35.8. The van der Waals surface area contributed by atoms with Crippen molar-refractivity contribution >= 4 is 17.8 Å². The number of ketones is 1. The van der Waals surface area contributed by atoms with Gasteiger partial charge in [0.2, 0.25) is 0 Å². The summed E-state index contributed by atoms with van der Waals surface area (Å²) in [5, 5.41) is 19.8. The van der Waals surface area contributed by atoms with Crippen LogP contribution in [0.1, 0.15) is 71.1 Å². The quantitative estimate of drug-likeness (QED) is 0.368. The van der Waals surface area contributed by atoms with E-state index in [2.05, 4.69) is 42.6 Å². The number of carbonyl (C=O) groups excluding carboxylic acids is 2. The number of rotatable bonds is 7. The van der Waals surface area contributed by atoms with Gasteiger partial charge >= 0.3 is 11.7 Å². The molecule has 2 aromatic heterocycles. The Balaban J connectivity index is 1.35. The summed E-state index contributed by atoms with van der Waals surface area (Å²) in [7, 11) is 0. The van der Waals surface area contributed by atoms with Gasteiger partial charge in [-0.15, -0.1) is 11.7 Å². The summed E-state index contributed by atoms with van der Waals surface area (Å²) in [5.74, 6) is -0.524. The van der Waals surface area contributed by atoms with E-state index in [0.29, 0.717) is 24.1 Å². The number of esters is 1.